The Hall–Kier alpha value is -1.88. The van der Waals surface area contributed by atoms with E-state index in [-0.39, 0.29) is 5.78 Å². The lowest BCUT2D eigenvalue weighted by atomic mass is 10.1. The molecule has 15 heavy (non-hydrogen) atoms. The Morgan fingerprint density at radius 2 is 2.27 bits per heavy atom. The van der Waals surface area contributed by atoms with Gasteiger partial charge in [-0.15, -0.1) is 0 Å². The summed E-state index contributed by atoms with van der Waals surface area (Å²) in [5, 5.41) is 0. The molecule has 1 aromatic carbocycles. The molecule has 0 saturated carbocycles. The summed E-state index contributed by atoms with van der Waals surface area (Å²) >= 11 is 0. The first-order valence-electron chi connectivity index (χ1n) is 4.57. The third-order valence-corrected chi connectivity index (χ3v) is 2.11. The van der Waals surface area contributed by atoms with Crippen LogP contribution in [0.4, 0.5) is 0 Å². The maximum Gasteiger partial charge on any atom is 0.417 e. The number of nitrogens with two attached hydrogens (primary N) is 1. The number of fused-ring (bicyclic) bond motifs is 1. The number of ketones is 1. The molecule has 0 aliphatic rings. The number of carbonyl (C=O) groups excluding carboxylic acids is 1. The number of aromatic amines is 1. The van der Waals surface area contributed by atoms with Gasteiger partial charge in [-0.05, 0) is 24.7 Å². The predicted octanol–water partition coefficient (Wildman–Crippen LogP) is 0.653. The molecule has 5 heteroatoms. The summed E-state index contributed by atoms with van der Waals surface area (Å²) in [6, 6.07) is 4.83. The van der Waals surface area contributed by atoms with E-state index >= 15 is 0 Å². The summed E-state index contributed by atoms with van der Waals surface area (Å²) in [7, 11) is 0. The molecule has 1 heterocycles. The molecule has 0 amide bonds. The molecule has 0 atom stereocenters. The summed E-state index contributed by atoms with van der Waals surface area (Å²) in [6.45, 7) is 0.313. The first kappa shape index (κ1) is 9.67. The molecular weight excluding hydrogens is 196 g/mol. The Morgan fingerprint density at radius 3 is 3.00 bits per heavy atom. The lowest BCUT2D eigenvalue weighted by Crippen LogP contribution is -2.07. The molecule has 5 nitrogen and oxygen atoms in total. The van der Waals surface area contributed by atoms with E-state index in [0.717, 1.165) is 0 Å². The van der Waals surface area contributed by atoms with Gasteiger partial charge < -0.3 is 10.2 Å². The van der Waals surface area contributed by atoms with Crippen LogP contribution in [0.25, 0.3) is 11.1 Å². The van der Waals surface area contributed by atoms with Gasteiger partial charge in [-0.3, -0.25) is 9.78 Å². The Bertz CT molecular complexity index is 553. The fraction of sp³-hybridized carbons (Fsp3) is 0.200. The van der Waals surface area contributed by atoms with Crippen molar-refractivity contribution in [1.82, 2.24) is 4.98 Å². The van der Waals surface area contributed by atoms with Crippen molar-refractivity contribution in [3.63, 3.8) is 0 Å². The van der Waals surface area contributed by atoms with Gasteiger partial charge >= 0.3 is 5.76 Å². The van der Waals surface area contributed by atoms with Crippen molar-refractivity contribution in [2.45, 2.75) is 6.42 Å². The topological polar surface area (TPSA) is 89.1 Å². The number of benzene rings is 1. The molecule has 2 rings (SSSR count). The number of nitrogens with one attached hydrogen (secondary N) is 1. The second-order valence-electron chi connectivity index (χ2n) is 3.19. The maximum atomic E-state index is 11.5. The minimum absolute atomic E-state index is 0.0525. The average molecular weight is 206 g/mol. The minimum Gasteiger partial charge on any atom is -0.408 e. The zero-order chi connectivity index (χ0) is 10.8. The van der Waals surface area contributed by atoms with E-state index in [1.807, 2.05) is 0 Å². The van der Waals surface area contributed by atoms with Crippen LogP contribution in [0.1, 0.15) is 16.8 Å². The number of hydrogen-bond donors (Lipinski definition) is 2. The van der Waals surface area contributed by atoms with E-state index in [4.69, 9.17) is 10.2 Å². The molecule has 0 spiro atoms. The Kier molecular flexibility index (Phi) is 2.39. The molecule has 0 saturated heterocycles. The van der Waals surface area contributed by atoms with Crippen LogP contribution in [-0.4, -0.2) is 17.3 Å². The van der Waals surface area contributed by atoms with Crippen molar-refractivity contribution in [3.05, 3.63) is 34.3 Å². The van der Waals surface area contributed by atoms with Crippen molar-refractivity contribution in [1.29, 1.82) is 0 Å². The van der Waals surface area contributed by atoms with Crippen LogP contribution in [0.3, 0.4) is 0 Å². The van der Waals surface area contributed by atoms with Gasteiger partial charge in [0.05, 0.1) is 5.52 Å². The highest BCUT2D eigenvalue weighted by Gasteiger charge is 2.07. The average Bonchev–Trinajstić information content (AvgIpc) is 2.57. The first-order valence-corrected chi connectivity index (χ1v) is 4.57. The van der Waals surface area contributed by atoms with Gasteiger partial charge in [-0.2, -0.15) is 0 Å². The van der Waals surface area contributed by atoms with Gasteiger partial charge in [-0.25, -0.2) is 4.79 Å². The highest BCUT2D eigenvalue weighted by Crippen LogP contribution is 2.13. The van der Waals surface area contributed by atoms with Crippen LogP contribution >= 0.6 is 0 Å². The second-order valence-corrected chi connectivity index (χ2v) is 3.19. The van der Waals surface area contributed by atoms with Crippen molar-refractivity contribution in [3.8, 4) is 0 Å². The van der Waals surface area contributed by atoms with E-state index in [9.17, 15) is 9.59 Å². The molecule has 0 fully saturated rings. The number of aromatic nitrogens is 1. The monoisotopic (exact) mass is 206 g/mol. The van der Waals surface area contributed by atoms with Gasteiger partial charge in [0.2, 0.25) is 0 Å². The summed E-state index contributed by atoms with van der Waals surface area (Å²) < 4.78 is 4.84. The van der Waals surface area contributed by atoms with Crippen LogP contribution in [0.5, 0.6) is 0 Å². The fourth-order valence-corrected chi connectivity index (χ4v) is 1.39. The van der Waals surface area contributed by atoms with Crippen LogP contribution in [0.2, 0.25) is 0 Å². The number of carbonyl (C=O) groups is 1. The van der Waals surface area contributed by atoms with Gasteiger partial charge in [0, 0.05) is 12.0 Å². The van der Waals surface area contributed by atoms with E-state index < -0.39 is 5.76 Å². The summed E-state index contributed by atoms with van der Waals surface area (Å²) in [4.78, 5) is 24.9. The quantitative estimate of drug-likeness (QED) is 0.721. The minimum atomic E-state index is -0.520. The Balaban J connectivity index is 2.46. The number of H-pyrrole nitrogens is 1. The van der Waals surface area contributed by atoms with Crippen molar-refractivity contribution >= 4 is 16.9 Å². The SMILES string of the molecule is NCCC(=O)c1ccc2[nH]c(=O)oc2c1. The van der Waals surface area contributed by atoms with Crippen LogP contribution in [-0.2, 0) is 0 Å². The van der Waals surface area contributed by atoms with Gasteiger partial charge in [0.15, 0.2) is 11.4 Å². The molecule has 0 aliphatic heterocycles. The van der Waals surface area contributed by atoms with Gasteiger partial charge in [-0.1, -0.05) is 0 Å². The van der Waals surface area contributed by atoms with Crippen molar-refractivity contribution < 1.29 is 9.21 Å². The molecule has 78 valence electrons. The highest BCUT2D eigenvalue weighted by atomic mass is 16.4. The standard InChI is InChI=1S/C10H10N2O3/c11-4-3-8(13)6-1-2-7-9(5-6)15-10(14)12-7/h1-2,5H,3-4,11H2,(H,12,14). The largest absolute Gasteiger partial charge is 0.417 e. The van der Waals surface area contributed by atoms with E-state index in [1.54, 1.807) is 18.2 Å². The third-order valence-electron chi connectivity index (χ3n) is 2.11. The molecule has 0 radical (unpaired) electrons. The van der Waals surface area contributed by atoms with Crippen molar-refractivity contribution in [2.24, 2.45) is 5.73 Å². The molecule has 0 aliphatic carbocycles. The van der Waals surface area contributed by atoms with Crippen LogP contribution in [0, 0.1) is 0 Å². The Labute approximate surface area is 84.9 Å². The fourth-order valence-electron chi connectivity index (χ4n) is 1.39. The van der Waals surface area contributed by atoms with Crippen LogP contribution < -0.4 is 11.5 Å². The lowest BCUT2D eigenvalue weighted by molar-refractivity contribution is 0.0985. The van der Waals surface area contributed by atoms with Crippen molar-refractivity contribution in [2.75, 3.05) is 6.54 Å². The smallest absolute Gasteiger partial charge is 0.408 e. The molecule has 3 N–H and O–H groups in total. The molecule has 1 aromatic heterocycles. The number of rotatable bonds is 3. The van der Waals surface area contributed by atoms with E-state index in [0.29, 0.717) is 29.6 Å². The van der Waals surface area contributed by atoms with Gasteiger partial charge in [0.25, 0.3) is 0 Å². The van der Waals surface area contributed by atoms with Crippen LogP contribution in [0.15, 0.2) is 27.4 Å². The normalized spacial score (nSPS) is 10.7. The van der Waals surface area contributed by atoms with Gasteiger partial charge in [0.1, 0.15) is 0 Å². The lowest BCUT2D eigenvalue weighted by Gasteiger charge is -1.97. The number of Topliss-reactive ketones (excluding diaryl/α,β-unsaturated/α-hetero) is 1. The summed E-state index contributed by atoms with van der Waals surface area (Å²) in [5.74, 6) is -0.573. The first-order chi connectivity index (χ1) is 7.20. The third kappa shape index (κ3) is 1.82. The zero-order valence-corrected chi connectivity index (χ0v) is 7.95. The molecular formula is C10H10N2O3. The molecule has 2 aromatic rings. The maximum absolute atomic E-state index is 11.5. The number of oxazole rings is 1. The number of hydrogen-bond acceptors (Lipinski definition) is 4. The summed E-state index contributed by atoms with van der Waals surface area (Å²) in [5.41, 5.74) is 6.77. The Morgan fingerprint density at radius 1 is 1.47 bits per heavy atom. The predicted molar refractivity (Wildman–Crippen MR) is 54.8 cm³/mol. The molecule has 0 bridgehead atoms. The molecule has 0 unspecified atom stereocenters. The van der Waals surface area contributed by atoms with E-state index in [2.05, 4.69) is 4.98 Å². The van der Waals surface area contributed by atoms with E-state index in [1.165, 1.54) is 0 Å². The highest BCUT2D eigenvalue weighted by molar-refractivity contribution is 5.98. The summed E-state index contributed by atoms with van der Waals surface area (Å²) in [6.07, 6.45) is 0.292. The zero-order valence-electron chi connectivity index (χ0n) is 7.95. The second kappa shape index (κ2) is 3.70.